The highest BCUT2D eigenvalue weighted by Crippen LogP contribution is 2.43. The molecule has 7 heteroatoms. The predicted octanol–water partition coefficient (Wildman–Crippen LogP) is 6.42. The molecule has 0 aliphatic carbocycles. The molecule has 0 radical (unpaired) electrons. The van der Waals surface area contributed by atoms with Gasteiger partial charge in [-0.3, -0.25) is 9.52 Å². The van der Waals surface area contributed by atoms with E-state index in [4.69, 9.17) is 5.11 Å². The maximum Gasteiger partial charge on any atom is 0.313 e. The minimum Gasteiger partial charge on any atom is -0.481 e. The van der Waals surface area contributed by atoms with Gasteiger partial charge in [-0.25, -0.2) is 0 Å². The van der Waals surface area contributed by atoms with E-state index >= 15 is 0 Å². The Labute approximate surface area is 192 Å². The summed E-state index contributed by atoms with van der Waals surface area (Å²) < 4.78 is 3.76. The summed E-state index contributed by atoms with van der Waals surface area (Å²) in [6.07, 6.45) is 5.58. The molecule has 0 fully saturated rings. The molecular formula is C23H30N2O2S3. The highest BCUT2D eigenvalue weighted by atomic mass is 32.2. The number of carbonyl (C=O) groups is 1. The Hall–Kier alpha value is -1.28. The van der Waals surface area contributed by atoms with E-state index in [1.54, 1.807) is 23.7 Å². The van der Waals surface area contributed by atoms with Crippen molar-refractivity contribution in [1.82, 2.24) is 4.72 Å². The molecule has 0 spiro atoms. The number of anilines is 2. The van der Waals surface area contributed by atoms with Crippen LogP contribution < -0.4 is 9.62 Å². The van der Waals surface area contributed by atoms with Gasteiger partial charge in [0.1, 0.15) is 0 Å². The summed E-state index contributed by atoms with van der Waals surface area (Å²) in [6.45, 7) is 5.46. The zero-order valence-corrected chi connectivity index (χ0v) is 20.3. The van der Waals surface area contributed by atoms with E-state index in [-0.39, 0.29) is 11.3 Å². The standard InChI is InChI=1S/C23H30N2O2S3/c1-4-5-11-23(2)16-25(18-9-7-6-8-10-18)19-13-20(28-3)17(12-21(19)30-24-23)14-29-15-22(26)27/h6-10,12-13,24H,4-5,11,14-16H2,1-3H3,(H,26,27)/t23-/m0/s1. The number of aliphatic carboxylic acids is 1. The van der Waals surface area contributed by atoms with Crippen LogP contribution in [0.2, 0.25) is 0 Å². The van der Waals surface area contributed by atoms with Crippen molar-refractivity contribution >= 4 is 52.8 Å². The molecule has 0 aromatic heterocycles. The quantitative estimate of drug-likeness (QED) is 0.329. The molecule has 2 aromatic rings. The monoisotopic (exact) mass is 462 g/mol. The van der Waals surface area contributed by atoms with E-state index in [0.717, 1.165) is 13.0 Å². The summed E-state index contributed by atoms with van der Waals surface area (Å²) >= 11 is 4.89. The first-order chi connectivity index (χ1) is 14.5. The van der Waals surface area contributed by atoms with Crippen molar-refractivity contribution in [2.75, 3.05) is 23.5 Å². The number of nitrogens with zero attached hydrogens (tertiary/aromatic N) is 1. The van der Waals surface area contributed by atoms with Gasteiger partial charge < -0.3 is 10.0 Å². The number of para-hydroxylation sites is 1. The van der Waals surface area contributed by atoms with Crippen molar-refractivity contribution in [2.24, 2.45) is 0 Å². The first kappa shape index (κ1) is 23.4. The number of hydrogen-bond acceptors (Lipinski definition) is 6. The van der Waals surface area contributed by atoms with Crippen LogP contribution >= 0.6 is 35.5 Å². The second-order valence-electron chi connectivity index (χ2n) is 7.81. The van der Waals surface area contributed by atoms with E-state index in [0.29, 0.717) is 5.75 Å². The molecule has 2 aromatic carbocycles. The number of unbranched alkanes of at least 4 members (excludes halogenated alkanes) is 1. The van der Waals surface area contributed by atoms with E-state index in [9.17, 15) is 4.79 Å². The predicted molar refractivity (Wildman–Crippen MR) is 132 cm³/mol. The van der Waals surface area contributed by atoms with Crippen LogP contribution in [0.5, 0.6) is 0 Å². The fourth-order valence-corrected chi connectivity index (χ4v) is 6.06. The van der Waals surface area contributed by atoms with Gasteiger partial charge >= 0.3 is 5.97 Å². The molecule has 0 saturated carbocycles. The SMILES string of the molecule is CCCC[C@@]1(C)CN(c2ccccc2)c2cc(SC)c(CSCC(=O)O)cc2SN1. The van der Waals surface area contributed by atoms with Crippen LogP contribution in [0.15, 0.2) is 52.3 Å². The average Bonchev–Trinajstić information content (AvgIpc) is 2.89. The van der Waals surface area contributed by atoms with Gasteiger partial charge in [0.15, 0.2) is 0 Å². The van der Waals surface area contributed by atoms with Gasteiger partial charge in [0, 0.05) is 33.3 Å². The van der Waals surface area contributed by atoms with Crippen LogP contribution in [0.3, 0.4) is 0 Å². The number of benzene rings is 2. The molecule has 1 aliphatic heterocycles. The fourth-order valence-electron chi connectivity index (χ4n) is 3.62. The Morgan fingerprint density at radius 1 is 1.30 bits per heavy atom. The van der Waals surface area contributed by atoms with Crippen molar-refractivity contribution in [3.05, 3.63) is 48.0 Å². The van der Waals surface area contributed by atoms with Gasteiger partial charge in [-0.05, 0) is 61.4 Å². The first-order valence-electron chi connectivity index (χ1n) is 10.2. The summed E-state index contributed by atoms with van der Waals surface area (Å²) in [5.41, 5.74) is 3.61. The van der Waals surface area contributed by atoms with Crippen molar-refractivity contribution < 1.29 is 9.90 Å². The molecule has 1 aliphatic rings. The van der Waals surface area contributed by atoms with Crippen LogP contribution in [0.25, 0.3) is 0 Å². The van der Waals surface area contributed by atoms with E-state index in [1.807, 2.05) is 0 Å². The normalized spacial score (nSPS) is 18.7. The number of rotatable bonds is 9. The largest absolute Gasteiger partial charge is 0.481 e. The molecule has 2 N–H and O–H groups in total. The lowest BCUT2D eigenvalue weighted by molar-refractivity contribution is -0.133. The number of carboxylic acids is 1. The maximum atomic E-state index is 10.9. The third-order valence-corrected chi connectivity index (χ3v) is 8.13. The molecule has 0 unspecified atom stereocenters. The Bertz CT molecular complexity index is 863. The summed E-state index contributed by atoms with van der Waals surface area (Å²) in [5, 5.41) is 8.99. The molecule has 3 rings (SSSR count). The second-order valence-corrected chi connectivity index (χ2v) is 10.5. The van der Waals surface area contributed by atoms with E-state index in [1.165, 1.54) is 51.3 Å². The van der Waals surface area contributed by atoms with Crippen LogP contribution in [0.1, 0.15) is 38.7 Å². The third kappa shape index (κ3) is 5.90. The molecule has 0 bridgehead atoms. The molecule has 4 nitrogen and oxygen atoms in total. The summed E-state index contributed by atoms with van der Waals surface area (Å²) in [7, 11) is 0. The highest BCUT2D eigenvalue weighted by molar-refractivity contribution is 7.99. The Balaban J connectivity index is 2.00. The van der Waals surface area contributed by atoms with Crippen LogP contribution in [0, 0.1) is 0 Å². The zero-order chi connectivity index (χ0) is 21.6. The van der Waals surface area contributed by atoms with Crippen molar-refractivity contribution in [1.29, 1.82) is 0 Å². The molecule has 0 amide bonds. The summed E-state index contributed by atoms with van der Waals surface area (Å²) in [6, 6.07) is 15.1. The molecule has 162 valence electrons. The minimum absolute atomic E-state index is 0.00667. The number of hydrogen-bond donors (Lipinski definition) is 2. The van der Waals surface area contributed by atoms with Crippen molar-refractivity contribution in [3.63, 3.8) is 0 Å². The molecular weight excluding hydrogens is 432 g/mol. The molecule has 1 heterocycles. The van der Waals surface area contributed by atoms with Gasteiger partial charge in [0.25, 0.3) is 0 Å². The van der Waals surface area contributed by atoms with Gasteiger partial charge in [-0.15, -0.1) is 23.5 Å². The summed E-state index contributed by atoms with van der Waals surface area (Å²) in [5.74, 6) is 0.0643. The first-order valence-corrected chi connectivity index (χ1v) is 13.4. The van der Waals surface area contributed by atoms with Gasteiger partial charge in [-0.1, -0.05) is 38.0 Å². The number of carboxylic acid groups (broad SMARTS) is 1. The average molecular weight is 463 g/mol. The van der Waals surface area contributed by atoms with Gasteiger partial charge in [0.05, 0.1) is 11.4 Å². The zero-order valence-electron chi connectivity index (χ0n) is 17.8. The Morgan fingerprint density at radius 2 is 2.07 bits per heavy atom. The highest BCUT2D eigenvalue weighted by Gasteiger charge is 2.32. The molecule has 0 saturated heterocycles. The lowest BCUT2D eigenvalue weighted by Gasteiger charge is -2.34. The van der Waals surface area contributed by atoms with Crippen LogP contribution in [-0.2, 0) is 10.5 Å². The van der Waals surface area contributed by atoms with Crippen LogP contribution in [0.4, 0.5) is 11.4 Å². The summed E-state index contributed by atoms with van der Waals surface area (Å²) in [4.78, 5) is 15.8. The van der Waals surface area contributed by atoms with Crippen molar-refractivity contribution in [2.45, 2.75) is 54.2 Å². The van der Waals surface area contributed by atoms with Gasteiger partial charge in [0.2, 0.25) is 0 Å². The van der Waals surface area contributed by atoms with E-state index in [2.05, 4.69) is 72.2 Å². The van der Waals surface area contributed by atoms with E-state index < -0.39 is 5.97 Å². The van der Waals surface area contributed by atoms with Gasteiger partial charge in [-0.2, -0.15) is 0 Å². The Morgan fingerprint density at radius 3 is 2.73 bits per heavy atom. The van der Waals surface area contributed by atoms with Crippen LogP contribution in [-0.4, -0.2) is 35.2 Å². The number of nitrogens with one attached hydrogen (secondary N) is 1. The number of thioether (sulfide) groups is 2. The minimum atomic E-state index is -0.765. The van der Waals surface area contributed by atoms with Crippen molar-refractivity contribution in [3.8, 4) is 0 Å². The molecule has 30 heavy (non-hydrogen) atoms. The lowest BCUT2D eigenvalue weighted by atomic mass is 9.95. The second kappa shape index (κ2) is 10.8. The molecule has 1 atom stereocenters. The maximum absolute atomic E-state index is 10.9. The Kier molecular flexibility index (Phi) is 8.45. The number of fused-ring (bicyclic) bond motifs is 1. The lowest BCUT2D eigenvalue weighted by Crippen LogP contribution is -2.46. The third-order valence-electron chi connectivity index (χ3n) is 5.20. The topological polar surface area (TPSA) is 52.6 Å². The fraction of sp³-hybridized carbons (Fsp3) is 0.435. The smallest absolute Gasteiger partial charge is 0.313 e.